The predicted octanol–water partition coefficient (Wildman–Crippen LogP) is 4.11. The number of amides is 1. The van der Waals surface area contributed by atoms with Crippen LogP contribution in [0.4, 0.5) is 4.79 Å². The molecule has 3 aromatic rings. The molecule has 1 aromatic heterocycles. The molecular formula is C21H22ClN3O4S. The molecule has 9 heteroatoms. The molecule has 0 aliphatic carbocycles. The summed E-state index contributed by atoms with van der Waals surface area (Å²) in [7, 11) is -3.96. The first kappa shape index (κ1) is 21.9. The van der Waals surface area contributed by atoms with Crippen molar-refractivity contribution in [1.82, 2.24) is 14.5 Å². The first-order chi connectivity index (χ1) is 14.2. The Morgan fingerprint density at radius 1 is 1.07 bits per heavy atom. The Morgan fingerprint density at radius 2 is 1.70 bits per heavy atom. The van der Waals surface area contributed by atoms with Crippen molar-refractivity contribution >= 4 is 27.7 Å². The van der Waals surface area contributed by atoms with Gasteiger partial charge in [-0.05, 0) is 50.6 Å². The molecule has 0 radical (unpaired) electrons. The van der Waals surface area contributed by atoms with Gasteiger partial charge in [0.05, 0.1) is 33.6 Å². The third kappa shape index (κ3) is 5.01. The minimum atomic E-state index is -3.96. The van der Waals surface area contributed by atoms with E-state index in [-0.39, 0.29) is 11.5 Å². The van der Waals surface area contributed by atoms with E-state index < -0.39 is 16.1 Å². The number of nitrogens with zero attached hydrogens (tertiary/aromatic N) is 2. The smallest absolute Gasteiger partial charge is 0.421 e. The van der Waals surface area contributed by atoms with Crippen molar-refractivity contribution in [1.29, 1.82) is 0 Å². The largest absolute Gasteiger partial charge is 0.448 e. The van der Waals surface area contributed by atoms with Crippen LogP contribution in [0.3, 0.4) is 0 Å². The highest BCUT2D eigenvalue weighted by atomic mass is 35.5. The third-order valence-corrected chi connectivity index (χ3v) is 6.43. The molecule has 1 heterocycles. The summed E-state index contributed by atoms with van der Waals surface area (Å²) in [6.45, 7) is 5.63. The number of aromatic nitrogens is 2. The van der Waals surface area contributed by atoms with Crippen LogP contribution < -0.4 is 4.72 Å². The van der Waals surface area contributed by atoms with E-state index in [1.807, 2.05) is 49.8 Å². The summed E-state index contributed by atoms with van der Waals surface area (Å²) >= 11 is 6.19. The van der Waals surface area contributed by atoms with Crippen LogP contribution in [0.2, 0.25) is 5.02 Å². The lowest BCUT2D eigenvalue weighted by Crippen LogP contribution is -2.31. The summed E-state index contributed by atoms with van der Waals surface area (Å²) in [6, 6.07) is 13.8. The zero-order chi connectivity index (χ0) is 21.9. The predicted molar refractivity (Wildman–Crippen MR) is 115 cm³/mol. The standard InChI is InChI=1S/C21H22ClN3O4S/c1-14-4-10-19(11-5-14)30(27,28)24-21(26)29-13-12-17-6-8-18(9-7-17)25-16(3)20(22)15(2)23-25/h4-11H,12-13H2,1-3H3,(H,24,26). The SMILES string of the molecule is Cc1ccc(S(=O)(=O)NC(=O)OCCc2ccc(-n3nc(C)c(Cl)c3C)cc2)cc1. The second-order valence-electron chi connectivity index (χ2n) is 6.87. The first-order valence-electron chi connectivity index (χ1n) is 9.24. The molecule has 0 bridgehead atoms. The van der Waals surface area contributed by atoms with Crippen molar-refractivity contribution in [3.63, 3.8) is 0 Å². The van der Waals surface area contributed by atoms with E-state index >= 15 is 0 Å². The molecule has 0 saturated heterocycles. The Bertz CT molecular complexity index is 1150. The van der Waals surface area contributed by atoms with Gasteiger partial charge in [-0.2, -0.15) is 5.10 Å². The first-order valence-corrected chi connectivity index (χ1v) is 11.1. The van der Waals surface area contributed by atoms with Crippen molar-refractivity contribution in [2.45, 2.75) is 32.1 Å². The van der Waals surface area contributed by atoms with Crippen LogP contribution >= 0.6 is 11.6 Å². The molecule has 0 unspecified atom stereocenters. The van der Waals surface area contributed by atoms with Gasteiger partial charge in [0.15, 0.2) is 0 Å². The molecule has 2 aromatic carbocycles. The van der Waals surface area contributed by atoms with E-state index in [9.17, 15) is 13.2 Å². The van der Waals surface area contributed by atoms with Crippen LogP contribution in [0.5, 0.6) is 0 Å². The fraction of sp³-hybridized carbons (Fsp3) is 0.238. The van der Waals surface area contributed by atoms with Gasteiger partial charge in [-0.25, -0.2) is 22.6 Å². The lowest BCUT2D eigenvalue weighted by molar-refractivity contribution is 0.154. The number of ether oxygens (including phenoxy) is 1. The van der Waals surface area contributed by atoms with E-state index in [2.05, 4.69) is 5.10 Å². The second-order valence-corrected chi connectivity index (χ2v) is 8.93. The average molecular weight is 448 g/mol. The number of hydrogen-bond donors (Lipinski definition) is 1. The molecule has 0 spiro atoms. The van der Waals surface area contributed by atoms with Crippen LogP contribution in [0.15, 0.2) is 53.4 Å². The molecular weight excluding hydrogens is 426 g/mol. The van der Waals surface area contributed by atoms with Gasteiger partial charge < -0.3 is 4.74 Å². The van der Waals surface area contributed by atoms with Crippen molar-refractivity contribution in [3.8, 4) is 5.69 Å². The molecule has 0 atom stereocenters. The van der Waals surface area contributed by atoms with Crippen LogP contribution in [-0.2, 0) is 21.2 Å². The summed E-state index contributed by atoms with van der Waals surface area (Å²) < 4.78 is 33.1. The number of hydrogen-bond acceptors (Lipinski definition) is 5. The number of carbonyl (C=O) groups is 1. The summed E-state index contributed by atoms with van der Waals surface area (Å²) in [5.74, 6) is 0. The van der Waals surface area contributed by atoms with Gasteiger partial charge in [0.25, 0.3) is 10.0 Å². The van der Waals surface area contributed by atoms with E-state index in [0.717, 1.165) is 28.2 Å². The molecule has 1 N–H and O–H groups in total. The Kier molecular flexibility index (Phi) is 6.48. The fourth-order valence-electron chi connectivity index (χ4n) is 2.86. The molecule has 7 nitrogen and oxygen atoms in total. The van der Waals surface area contributed by atoms with Gasteiger partial charge in [0, 0.05) is 6.42 Å². The summed E-state index contributed by atoms with van der Waals surface area (Å²) in [4.78, 5) is 11.9. The maximum atomic E-state index is 12.2. The number of benzene rings is 2. The molecule has 3 rings (SSSR count). The monoisotopic (exact) mass is 447 g/mol. The summed E-state index contributed by atoms with van der Waals surface area (Å²) in [5.41, 5.74) is 4.34. The van der Waals surface area contributed by atoms with E-state index in [0.29, 0.717) is 11.4 Å². The molecule has 0 aliphatic heterocycles. The average Bonchev–Trinajstić information content (AvgIpc) is 2.96. The number of carbonyl (C=O) groups excluding carboxylic acids is 1. The van der Waals surface area contributed by atoms with Crippen LogP contribution in [0, 0.1) is 20.8 Å². The van der Waals surface area contributed by atoms with Gasteiger partial charge in [0.2, 0.25) is 0 Å². The number of nitrogens with one attached hydrogen (secondary N) is 1. The fourth-order valence-corrected chi connectivity index (χ4v) is 3.86. The van der Waals surface area contributed by atoms with Gasteiger partial charge in [-0.3, -0.25) is 0 Å². The molecule has 0 fully saturated rings. The number of rotatable bonds is 6. The molecule has 30 heavy (non-hydrogen) atoms. The van der Waals surface area contributed by atoms with E-state index in [1.165, 1.54) is 12.1 Å². The Hall–Kier alpha value is -2.84. The molecule has 0 aliphatic rings. The zero-order valence-electron chi connectivity index (χ0n) is 16.8. The quantitative estimate of drug-likeness (QED) is 0.614. The normalized spacial score (nSPS) is 11.3. The number of aryl methyl sites for hydroxylation is 2. The lowest BCUT2D eigenvalue weighted by atomic mass is 10.1. The van der Waals surface area contributed by atoms with Crippen LogP contribution in [0.25, 0.3) is 5.69 Å². The van der Waals surface area contributed by atoms with E-state index in [4.69, 9.17) is 16.3 Å². The van der Waals surface area contributed by atoms with Gasteiger partial charge in [-0.1, -0.05) is 41.4 Å². The van der Waals surface area contributed by atoms with Crippen LogP contribution in [-0.4, -0.2) is 30.9 Å². The van der Waals surface area contributed by atoms with Crippen molar-refractivity contribution in [3.05, 3.63) is 76.1 Å². The highest BCUT2D eigenvalue weighted by molar-refractivity contribution is 7.90. The number of sulfonamides is 1. The molecule has 158 valence electrons. The van der Waals surface area contributed by atoms with Crippen molar-refractivity contribution in [2.24, 2.45) is 0 Å². The van der Waals surface area contributed by atoms with Gasteiger partial charge >= 0.3 is 6.09 Å². The van der Waals surface area contributed by atoms with Gasteiger partial charge in [-0.15, -0.1) is 0 Å². The highest BCUT2D eigenvalue weighted by Crippen LogP contribution is 2.22. The highest BCUT2D eigenvalue weighted by Gasteiger charge is 2.18. The molecule has 0 saturated carbocycles. The minimum Gasteiger partial charge on any atom is -0.448 e. The Balaban J connectivity index is 1.54. The van der Waals surface area contributed by atoms with Crippen molar-refractivity contribution < 1.29 is 17.9 Å². The Morgan fingerprint density at radius 3 is 2.27 bits per heavy atom. The zero-order valence-corrected chi connectivity index (χ0v) is 18.4. The van der Waals surface area contributed by atoms with Crippen LogP contribution in [0.1, 0.15) is 22.5 Å². The molecule has 1 amide bonds. The maximum absolute atomic E-state index is 12.2. The summed E-state index contributed by atoms with van der Waals surface area (Å²) in [5, 5.41) is 5.05. The lowest BCUT2D eigenvalue weighted by Gasteiger charge is -2.09. The van der Waals surface area contributed by atoms with Gasteiger partial charge in [0.1, 0.15) is 0 Å². The summed E-state index contributed by atoms with van der Waals surface area (Å²) in [6.07, 6.45) is -0.569. The maximum Gasteiger partial charge on any atom is 0.421 e. The topological polar surface area (TPSA) is 90.3 Å². The third-order valence-electron chi connectivity index (χ3n) is 4.56. The minimum absolute atomic E-state index is 0.00453. The number of halogens is 1. The second kappa shape index (κ2) is 8.89. The van der Waals surface area contributed by atoms with E-state index in [1.54, 1.807) is 16.8 Å². The van der Waals surface area contributed by atoms with Crippen molar-refractivity contribution in [2.75, 3.05) is 6.61 Å². The Labute approximate surface area is 180 Å².